The number of piperidine rings is 1. The Morgan fingerprint density at radius 1 is 1.20 bits per heavy atom. The Morgan fingerprint density at radius 3 is 2.57 bits per heavy atom. The molecular formula is C22H25N5O2S. The van der Waals surface area contributed by atoms with Gasteiger partial charge in [0.15, 0.2) is 5.84 Å². The monoisotopic (exact) mass is 423 g/mol. The number of benzene rings is 1. The van der Waals surface area contributed by atoms with Gasteiger partial charge in [-0.1, -0.05) is 38.1 Å². The molecule has 8 heteroatoms. The summed E-state index contributed by atoms with van der Waals surface area (Å²) in [6.07, 6.45) is 5.09. The summed E-state index contributed by atoms with van der Waals surface area (Å²) in [5.41, 5.74) is 2.25. The van der Waals surface area contributed by atoms with Gasteiger partial charge in [0.2, 0.25) is 11.1 Å². The number of carbonyl (C=O) groups is 2. The highest BCUT2D eigenvalue weighted by Gasteiger charge is 2.36. The van der Waals surface area contributed by atoms with Gasteiger partial charge in [0.05, 0.1) is 12.0 Å². The van der Waals surface area contributed by atoms with Crippen molar-refractivity contribution in [1.29, 1.82) is 5.41 Å². The van der Waals surface area contributed by atoms with Crippen LogP contribution in [-0.4, -0.2) is 50.9 Å². The van der Waals surface area contributed by atoms with Crippen molar-refractivity contribution in [3.8, 4) is 0 Å². The first-order chi connectivity index (χ1) is 14.4. The van der Waals surface area contributed by atoms with Crippen LogP contribution in [0, 0.1) is 5.41 Å². The van der Waals surface area contributed by atoms with E-state index in [1.165, 1.54) is 28.8 Å². The van der Waals surface area contributed by atoms with Gasteiger partial charge in [0.25, 0.3) is 5.91 Å². The van der Waals surface area contributed by atoms with Crippen molar-refractivity contribution < 1.29 is 9.59 Å². The molecule has 0 radical (unpaired) electrons. The zero-order chi connectivity index (χ0) is 21.3. The van der Waals surface area contributed by atoms with Crippen LogP contribution < -0.4 is 0 Å². The molecule has 3 aliphatic rings. The van der Waals surface area contributed by atoms with Crippen LogP contribution in [0.3, 0.4) is 0 Å². The molecule has 0 saturated carbocycles. The zero-order valence-corrected chi connectivity index (χ0v) is 18.0. The van der Waals surface area contributed by atoms with Crippen LogP contribution >= 0.6 is 11.8 Å². The van der Waals surface area contributed by atoms with Gasteiger partial charge in [-0.05, 0) is 54.1 Å². The smallest absolute Gasteiger partial charge is 0.283 e. The van der Waals surface area contributed by atoms with Gasteiger partial charge in [-0.15, -0.1) is 0 Å². The first-order valence-corrected chi connectivity index (χ1v) is 11.1. The lowest BCUT2D eigenvalue weighted by Crippen LogP contribution is -2.36. The second kappa shape index (κ2) is 8.55. The van der Waals surface area contributed by atoms with Gasteiger partial charge in [-0.25, -0.2) is 0 Å². The Labute approximate surface area is 180 Å². The fraction of sp³-hybridized carbons (Fsp3) is 0.409. The van der Waals surface area contributed by atoms with Crippen LogP contribution in [0.5, 0.6) is 0 Å². The molecule has 1 fully saturated rings. The second-order valence-electron chi connectivity index (χ2n) is 7.95. The number of hydrogen-bond acceptors (Lipinski definition) is 5. The highest BCUT2D eigenvalue weighted by molar-refractivity contribution is 8.27. The molecule has 1 N–H and O–H groups in total. The minimum absolute atomic E-state index is 0.00847. The summed E-state index contributed by atoms with van der Waals surface area (Å²) in [7, 11) is 0. The van der Waals surface area contributed by atoms with E-state index in [9.17, 15) is 9.59 Å². The number of nitrogens with one attached hydrogen (secondary N) is 1. The molecule has 0 atom stereocenters. The predicted octanol–water partition coefficient (Wildman–Crippen LogP) is 3.83. The normalized spacial score (nSPS) is 20.6. The standard InChI is InChI=1S/C22H25N5O2S/c1-14(2)16-8-6-15(7-9-16)12-17-20(23)27-22(24-21(17)29)30-18(25-27)13-19(28)26-10-4-3-5-11-26/h6-9,12,14,23H,3-5,10-11,13H2,1-2H3/b17-12-,23-20?. The van der Waals surface area contributed by atoms with Crippen LogP contribution in [0.4, 0.5) is 0 Å². The van der Waals surface area contributed by atoms with Crippen molar-refractivity contribution in [2.24, 2.45) is 10.1 Å². The zero-order valence-electron chi connectivity index (χ0n) is 17.2. The Balaban J connectivity index is 1.50. The van der Waals surface area contributed by atoms with Crippen molar-refractivity contribution in [1.82, 2.24) is 9.91 Å². The molecule has 1 aromatic rings. The Kier molecular flexibility index (Phi) is 5.85. The number of hydrogen-bond donors (Lipinski definition) is 1. The Hall–Kier alpha value is -2.74. The maximum absolute atomic E-state index is 12.5. The van der Waals surface area contributed by atoms with E-state index in [1.54, 1.807) is 6.08 Å². The third-order valence-electron chi connectivity index (χ3n) is 5.42. The molecule has 0 unspecified atom stereocenters. The number of amides is 2. The van der Waals surface area contributed by atoms with Crippen LogP contribution in [0.1, 0.15) is 56.6 Å². The van der Waals surface area contributed by atoms with Crippen molar-refractivity contribution in [3.63, 3.8) is 0 Å². The molecule has 30 heavy (non-hydrogen) atoms. The Bertz CT molecular complexity index is 972. The third-order valence-corrected chi connectivity index (χ3v) is 6.33. The minimum Gasteiger partial charge on any atom is -0.342 e. The number of carbonyl (C=O) groups excluding carboxylic acids is 2. The SMILES string of the molecule is CC(C)c1ccc(/C=C2/C(=N)N3N=C(CC(=O)N4CCCCC4)SC3=NC2=O)cc1. The number of hydrazone groups is 1. The molecule has 1 saturated heterocycles. The van der Waals surface area contributed by atoms with Crippen LogP contribution in [0.2, 0.25) is 0 Å². The van der Waals surface area contributed by atoms with Crippen molar-refractivity contribution in [2.75, 3.05) is 13.1 Å². The molecule has 3 heterocycles. The van der Waals surface area contributed by atoms with Crippen molar-refractivity contribution in [3.05, 3.63) is 41.0 Å². The molecule has 156 valence electrons. The maximum Gasteiger partial charge on any atom is 0.283 e. The molecule has 0 aromatic heterocycles. The predicted molar refractivity (Wildman–Crippen MR) is 121 cm³/mol. The molecular weight excluding hydrogens is 398 g/mol. The molecule has 4 rings (SSSR count). The van der Waals surface area contributed by atoms with Gasteiger partial charge in [-0.3, -0.25) is 15.0 Å². The van der Waals surface area contributed by atoms with E-state index in [1.807, 2.05) is 29.2 Å². The fourth-order valence-corrected chi connectivity index (χ4v) is 4.51. The number of rotatable bonds is 4. The summed E-state index contributed by atoms with van der Waals surface area (Å²) in [5.74, 6) is 0.00659. The highest BCUT2D eigenvalue weighted by atomic mass is 32.2. The number of thioether (sulfide) groups is 1. The van der Waals surface area contributed by atoms with E-state index in [0.717, 1.165) is 31.5 Å². The number of amidine groups is 2. The maximum atomic E-state index is 12.5. The minimum atomic E-state index is -0.453. The quantitative estimate of drug-likeness (QED) is 0.746. The summed E-state index contributed by atoms with van der Waals surface area (Å²) >= 11 is 1.20. The van der Waals surface area contributed by atoms with E-state index in [4.69, 9.17) is 5.41 Å². The summed E-state index contributed by atoms with van der Waals surface area (Å²) in [6.45, 7) is 5.83. The number of likely N-dealkylation sites (tertiary alicyclic amines) is 1. The number of fused-ring (bicyclic) bond motifs is 1. The summed E-state index contributed by atoms with van der Waals surface area (Å²) in [4.78, 5) is 31.0. The van der Waals surface area contributed by atoms with Crippen molar-refractivity contribution in [2.45, 2.75) is 45.4 Å². The molecule has 3 aliphatic heterocycles. The largest absolute Gasteiger partial charge is 0.342 e. The lowest BCUT2D eigenvalue weighted by molar-refractivity contribution is -0.130. The molecule has 7 nitrogen and oxygen atoms in total. The van der Waals surface area contributed by atoms with E-state index in [0.29, 0.717) is 16.1 Å². The molecule has 1 aromatic carbocycles. The Morgan fingerprint density at radius 2 is 1.90 bits per heavy atom. The lowest BCUT2D eigenvalue weighted by Gasteiger charge is -2.26. The van der Waals surface area contributed by atoms with Gasteiger partial charge >= 0.3 is 0 Å². The van der Waals surface area contributed by atoms with Gasteiger partial charge in [0, 0.05) is 13.1 Å². The number of nitrogens with zero attached hydrogens (tertiary/aromatic N) is 4. The van der Waals surface area contributed by atoms with E-state index >= 15 is 0 Å². The first kappa shape index (κ1) is 20.5. The van der Waals surface area contributed by atoms with Crippen LogP contribution in [-0.2, 0) is 9.59 Å². The lowest BCUT2D eigenvalue weighted by atomic mass is 10.0. The number of aliphatic imine (C=N–C) groups is 1. The molecule has 0 spiro atoms. The summed E-state index contributed by atoms with van der Waals surface area (Å²) < 4.78 is 0. The fourth-order valence-electron chi connectivity index (χ4n) is 3.63. The summed E-state index contributed by atoms with van der Waals surface area (Å²) in [5, 5.41) is 15.2. The molecule has 0 aliphatic carbocycles. The average Bonchev–Trinajstić information content (AvgIpc) is 3.14. The highest BCUT2D eigenvalue weighted by Crippen LogP contribution is 2.30. The van der Waals surface area contributed by atoms with E-state index in [-0.39, 0.29) is 23.7 Å². The summed E-state index contributed by atoms with van der Waals surface area (Å²) in [6, 6.07) is 7.92. The van der Waals surface area contributed by atoms with Gasteiger partial charge < -0.3 is 4.90 Å². The second-order valence-corrected chi connectivity index (χ2v) is 8.99. The van der Waals surface area contributed by atoms with Gasteiger partial charge in [0.1, 0.15) is 5.04 Å². The van der Waals surface area contributed by atoms with Crippen LogP contribution in [0.25, 0.3) is 6.08 Å². The average molecular weight is 424 g/mol. The van der Waals surface area contributed by atoms with E-state index < -0.39 is 5.91 Å². The van der Waals surface area contributed by atoms with Crippen molar-refractivity contribution >= 4 is 45.7 Å². The molecule has 2 amide bonds. The molecule has 0 bridgehead atoms. The van der Waals surface area contributed by atoms with E-state index in [2.05, 4.69) is 23.9 Å². The third kappa shape index (κ3) is 4.23. The first-order valence-electron chi connectivity index (χ1n) is 10.3. The topological polar surface area (TPSA) is 89.2 Å². The van der Waals surface area contributed by atoms with Gasteiger partial charge in [-0.2, -0.15) is 15.1 Å². The van der Waals surface area contributed by atoms with Crippen LogP contribution in [0.15, 0.2) is 39.9 Å².